The number of nitro benzene ring substituents is 1. The first-order chi connectivity index (χ1) is 8.46. The Hall–Kier alpha value is -1.63. The number of sulfone groups is 1. The Bertz CT molecular complexity index is 556. The van der Waals surface area contributed by atoms with Crippen molar-refractivity contribution in [3.63, 3.8) is 0 Å². The van der Waals surface area contributed by atoms with Gasteiger partial charge in [-0.1, -0.05) is 6.07 Å². The van der Waals surface area contributed by atoms with E-state index in [0.717, 1.165) is 6.42 Å². The Labute approximate surface area is 105 Å². The van der Waals surface area contributed by atoms with Gasteiger partial charge >= 0.3 is 0 Å². The Morgan fingerprint density at radius 1 is 1.39 bits per heavy atom. The molecule has 1 unspecified atom stereocenters. The zero-order valence-corrected chi connectivity index (χ0v) is 10.5. The van der Waals surface area contributed by atoms with E-state index < -0.39 is 14.8 Å². The summed E-state index contributed by atoms with van der Waals surface area (Å²) in [6.07, 6.45) is 1.40. The molecule has 18 heavy (non-hydrogen) atoms. The van der Waals surface area contributed by atoms with E-state index in [2.05, 4.69) is 5.32 Å². The molecule has 98 valence electrons. The second kappa shape index (κ2) is 4.93. The summed E-state index contributed by atoms with van der Waals surface area (Å²) in [5.41, 5.74) is 0.588. The third-order valence-corrected chi connectivity index (χ3v) is 4.71. The highest BCUT2D eigenvalue weighted by Crippen LogP contribution is 2.21. The fourth-order valence-electron chi connectivity index (χ4n) is 2.08. The first-order valence-electron chi connectivity index (χ1n) is 5.68. The number of hydrogen-bond acceptors (Lipinski definition) is 5. The van der Waals surface area contributed by atoms with Crippen molar-refractivity contribution >= 4 is 21.2 Å². The second-order valence-electron chi connectivity index (χ2n) is 4.41. The molecule has 1 saturated heterocycles. The largest absolute Gasteiger partial charge is 0.381 e. The lowest BCUT2D eigenvalue weighted by Gasteiger charge is -2.23. The van der Waals surface area contributed by atoms with Crippen molar-refractivity contribution < 1.29 is 13.3 Å². The Morgan fingerprint density at radius 3 is 2.83 bits per heavy atom. The number of nitro groups is 1. The minimum atomic E-state index is -2.97. The highest BCUT2D eigenvalue weighted by Gasteiger charge is 2.24. The van der Waals surface area contributed by atoms with Crippen molar-refractivity contribution in [1.82, 2.24) is 0 Å². The van der Waals surface area contributed by atoms with E-state index in [9.17, 15) is 18.5 Å². The Morgan fingerprint density at radius 2 is 2.17 bits per heavy atom. The van der Waals surface area contributed by atoms with Crippen LogP contribution in [0.3, 0.4) is 0 Å². The third-order valence-electron chi connectivity index (χ3n) is 2.89. The molecule has 0 saturated carbocycles. The standard InChI is InChI=1S/C11H14N2O4S/c14-13(15)11-5-1-3-9(7-11)12-10-4-2-6-18(16,17)8-10/h1,3,5,7,10,12H,2,4,6,8H2. The molecule has 0 aromatic heterocycles. The number of hydrogen-bond donors (Lipinski definition) is 1. The van der Waals surface area contributed by atoms with Gasteiger partial charge in [-0.25, -0.2) is 8.42 Å². The molecule has 6 nitrogen and oxygen atoms in total. The molecule has 1 aliphatic heterocycles. The maximum Gasteiger partial charge on any atom is 0.271 e. The highest BCUT2D eigenvalue weighted by atomic mass is 32.2. The lowest BCUT2D eigenvalue weighted by atomic mass is 10.1. The predicted molar refractivity (Wildman–Crippen MR) is 68.4 cm³/mol. The molecule has 1 aromatic carbocycles. The maximum atomic E-state index is 11.5. The van der Waals surface area contributed by atoms with Crippen LogP contribution in [0.15, 0.2) is 24.3 Å². The van der Waals surface area contributed by atoms with Gasteiger partial charge in [0.1, 0.15) is 0 Å². The molecule has 1 heterocycles. The summed E-state index contributed by atoms with van der Waals surface area (Å²) >= 11 is 0. The Balaban J connectivity index is 2.09. The van der Waals surface area contributed by atoms with Crippen LogP contribution in [-0.4, -0.2) is 30.9 Å². The number of nitrogens with zero attached hydrogens (tertiary/aromatic N) is 1. The molecule has 2 rings (SSSR count). The van der Waals surface area contributed by atoms with Crippen LogP contribution in [0.1, 0.15) is 12.8 Å². The monoisotopic (exact) mass is 270 g/mol. The molecule has 7 heteroatoms. The van der Waals surface area contributed by atoms with E-state index in [1.165, 1.54) is 12.1 Å². The van der Waals surface area contributed by atoms with Crippen molar-refractivity contribution in [2.24, 2.45) is 0 Å². The normalized spacial score (nSPS) is 22.3. The predicted octanol–water partition coefficient (Wildman–Crippen LogP) is 1.58. The average molecular weight is 270 g/mol. The molecule has 1 aliphatic rings. The van der Waals surface area contributed by atoms with Crippen LogP contribution < -0.4 is 5.32 Å². The third kappa shape index (κ3) is 3.19. The van der Waals surface area contributed by atoms with E-state index in [0.29, 0.717) is 12.1 Å². The molecule has 0 aliphatic carbocycles. The summed E-state index contributed by atoms with van der Waals surface area (Å²) in [6, 6.07) is 5.95. The fourth-order valence-corrected chi connectivity index (χ4v) is 3.72. The maximum absolute atomic E-state index is 11.5. The summed E-state index contributed by atoms with van der Waals surface area (Å²) < 4.78 is 23.0. The van der Waals surface area contributed by atoms with E-state index in [1.807, 2.05) is 0 Å². The van der Waals surface area contributed by atoms with Crippen LogP contribution in [0.5, 0.6) is 0 Å². The molecule has 1 aromatic rings. The van der Waals surface area contributed by atoms with Gasteiger partial charge in [0.05, 0.1) is 16.4 Å². The van der Waals surface area contributed by atoms with Gasteiger partial charge in [0.15, 0.2) is 9.84 Å². The van der Waals surface area contributed by atoms with Crippen molar-refractivity contribution in [2.45, 2.75) is 18.9 Å². The number of non-ortho nitro benzene ring substituents is 1. The lowest BCUT2D eigenvalue weighted by Crippen LogP contribution is -2.34. The molecule has 1 N–H and O–H groups in total. The average Bonchev–Trinajstić information content (AvgIpc) is 2.28. The molecular formula is C11H14N2O4S. The van der Waals surface area contributed by atoms with Gasteiger partial charge in [-0.05, 0) is 18.9 Å². The zero-order valence-electron chi connectivity index (χ0n) is 9.70. The first-order valence-corrected chi connectivity index (χ1v) is 7.50. The topological polar surface area (TPSA) is 89.3 Å². The molecule has 0 bridgehead atoms. The van der Waals surface area contributed by atoms with Crippen molar-refractivity contribution in [3.8, 4) is 0 Å². The Kier molecular flexibility index (Phi) is 3.51. The molecule has 0 amide bonds. The zero-order chi connectivity index (χ0) is 13.2. The quantitative estimate of drug-likeness (QED) is 0.665. The SMILES string of the molecule is O=[N+]([O-])c1cccc(NC2CCCS(=O)(=O)C2)c1. The second-order valence-corrected chi connectivity index (χ2v) is 6.63. The van der Waals surface area contributed by atoms with E-state index in [1.54, 1.807) is 12.1 Å². The minimum absolute atomic E-state index is 0.00123. The van der Waals surface area contributed by atoms with E-state index >= 15 is 0 Å². The number of anilines is 1. The van der Waals surface area contributed by atoms with Crippen LogP contribution in [0.2, 0.25) is 0 Å². The first kappa shape index (κ1) is 12.8. The van der Waals surface area contributed by atoms with Crippen LogP contribution in [0, 0.1) is 10.1 Å². The van der Waals surface area contributed by atoms with Gasteiger partial charge in [0.25, 0.3) is 5.69 Å². The molecule has 1 atom stereocenters. The van der Waals surface area contributed by atoms with Gasteiger partial charge in [-0.2, -0.15) is 0 Å². The molecule has 0 radical (unpaired) electrons. The summed E-state index contributed by atoms with van der Waals surface area (Å²) in [6.45, 7) is 0. The van der Waals surface area contributed by atoms with E-state index in [4.69, 9.17) is 0 Å². The molecular weight excluding hydrogens is 256 g/mol. The van der Waals surface area contributed by atoms with Crippen LogP contribution in [0.4, 0.5) is 11.4 Å². The lowest BCUT2D eigenvalue weighted by molar-refractivity contribution is -0.384. The summed E-state index contributed by atoms with van der Waals surface area (Å²) in [7, 11) is -2.97. The van der Waals surface area contributed by atoms with Gasteiger partial charge in [0, 0.05) is 23.9 Å². The molecule has 1 fully saturated rings. The van der Waals surface area contributed by atoms with Crippen LogP contribution in [0.25, 0.3) is 0 Å². The van der Waals surface area contributed by atoms with Gasteiger partial charge in [0.2, 0.25) is 0 Å². The molecule has 0 spiro atoms. The van der Waals surface area contributed by atoms with Gasteiger partial charge < -0.3 is 5.32 Å². The summed E-state index contributed by atoms with van der Waals surface area (Å²) in [4.78, 5) is 10.2. The minimum Gasteiger partial charge on any atom is -0.381 e. The highest BCUT2D eigenvalue weighted by molar-refractivity contribution is 7.91. The van der Waals surface area contributed by atoms with Crippen LogP contribution in [-0.2, 0) is 9.84 Å². The fraction of sp³-hybridized carbons (Fsp3) is 0.455. The van der Waals surface area contributed by atoms with E-state index in [-0.39, 0.29) is 23.2 Å². The van der Waals surface area contributed by atoms with Crippen molar-refractivity contribution in [3.05, 3.63) is 34.4 Å². The number of rotatable bonds is 3. The van der Waals surface area contributed by atoms with Crippen molar-refractivity contribution in [1.29, 1.82) is 0 Å². The number of benzene rings is 1. The van der Waals surface area contributed by atoms with Gasteiger partial charge in [-0.3, -0.25) is 10.1 Å². The summed E-state index contributed by atoms with van der Waals surface area (Å²) in [5.74, 6) is 0.329. The number of nitrogens with one attached hydrogen (secondary N) is 1. The summed E-state index contributed by atoms with van der Waals surface area (Å²) in [5, 5.41) is 13.7. The van der Waals surface area contributed by atoms with Gasteiger partial charge in [-0.15, -0.1) is 0 Å². The van der Waals surface area contributed by atoms with Crippen molar-refractivity contribution in [2.75, 3.05) is 16.8 Å². The smallest absolute Gasteiger partial charge is 0.271 e. The van der Waals surface area contributed by atoms with Crippen LogP contribution >= 0.6 is 0 Å².